The van der Waals surface area contributed by atoms with E-state index < -0.39 is 17.6 Å². The van der Waals surface area contributed by atoms with Gasteiger partial charge in [-0.3, -0.25) is 4.79 Å². The van der Waals surface area contributed by atoms with Crippen LogP contribution in [0.2, 0.25) is 0 Å². The quantitative estimate of drug-likeness (QED) is 0.677. The van der Waals surface area contributed by atoms with Crippen LogP contribution in [0.25, 0.3) is 0 Å². The molecule has 3 rings (SSSR count). The van der Waals surface area contributed by atoms with Gasteiger partial charge < -0.3 is 15.3 Å². The number of ketones is 1. The molecule has 24 heavy (non-hydrogen) atoms. The fraction of sp³-hybridized carbons (Fsp3) is 0.850. The Hall–Kier alpha value is -0.710. The lowest BCUT2D eigenvalue weighted by molar-refractivity contribution is -0.160. The van der Waals surface area contributed by atoms with Crippen molar-refractivity contribution in [2.45, 2.75) is 72.0 Å². The molecule has 6 atom stereocenters. The van der Waals surface area contributed by atoms with E-state index in [9.17, 15) is 20.1 Å². The number of rotatable bonds is 2. The molecule has 0 saturated heterocycles. The van der Waals surface area contributed by atoms with Gasteiger partial charge in [0, 0.05) is 5.41 Å². The highest BCUT2D eigenvalue weighted by Gasteiger charge is 2.59. The molecule has 2 saturated carbocycles. The summed E-state index contributed by atoms with van der Waals surface area (Å²) in [4.78, 5) is 12.5. The van der Waals surface area contributed by atoms with Crippen LogP contribution in [0.3, 0.4) is 0 Å². The van der Waals surface area contributed by atoms with Crippen LogP contribution in [-0.4, -0.2) is 39.9 Å². The molecule has 136 valence electrons. The Morgan fingerprint density at radius 3 is 2.58 bits per heavy atom. The smallest absolute Gasteiger partial charge is 0.167 e. The lowest BCUT2D eigenvalue weighted by atomic mass is 9.45. The number of Topliss-reactive ketones (excluding diaryl/α,β-unsaturated/α-hetero) is 1. The van der Waals surface area contributed by atoms with Crippen molar-refractivity contribution in [2.24, 2.45) is 28.1 Å². The molecule has 3 N–H and O–H groups in total. The number of allylic oxidation sites excluding steroid dienone is 2. The molecule has 2 fully saturated rings. The van der Waals surface area contributed by atoms with Gasteiger partial charge in [-0.1, -0.05) is 39.3 Å². The summed E-state index contributed by atoms with van der Waals surface area (Å²) in [6, 6.07) is 0. The van der Waals surface area contributed by atoms with Gasteiger partial charge in [-0.25, -0.2) is 0 Å². The topological polar surface area (TPSA) is 77.8 Å². The lowest BCUT2D eigenvalue weighted by Gasteiger charge is -2.59. The maximum absolute atomic E-state index is 12.5. The van der Waals surface area contributed by atoms with Crippen molar-refractivity contribution in [3.63, 3.8) is 0 Å². The Bertz CT molecular complexity index is 566. The zero-order chi connectivity index (χ0) is 17.9. The molecule has 0 aliphatic heterocycles. The molecular formula is C20H32O4. The van der Waals surface area contributed by atoms with E-state index in [0.29, 0.717) is 12.3 Å². The van der Waals surface area contributed by atoms with Crippen molar-refractivity contribution in [3.8, 4) is 0 Å². The highest BCUT2D eigenvalue weighted by atomic mass is 16.3. The van der Waals surface area contributed by atoms with Gasteiger partial charge in [0.15, 0.2) is 5.78 Å². The van der Waals surface area contributed by atoms with Gasteiger partial charge in [0.2, 0.25) is 0 Å². The molecule has 0 bridgehead atoms. The maximum Gasteiger partial charge on any atom is 0.167 e. The van der Waals surface area contributed by atoms with Crippen molar-refractivity contribution >= 4 is 5.78 Å². The minimum absolute atomic E-state index is 0.0156. The van der Waals surface area contributed by atoms with E-state index in [1.807, 2.05) is 13.8 Å². The Labute approximate surface area is 145 Å². The maximum atomic E-state index is 12.5. The first-order chi connectivity index (χ1) is 11.1. The largest absolute Gasteiger partial charge is 0.394 e. The summed E-state index contributed by atoms with van der Waals surface area (Å²) in [6.07, 6.45) is 4.74. The zero-order valence-electron chi connectivity index (χ0n) is 15.4. The van der Waals surface area contributed by atoms with E-state index >= 15 is 0 Å². The van der Waals surface area contributed by atoms with Gasteiger partial charge in [-0.05, 0) is 54.8 Å². The fourth-order valence-corrected chi connectivity index (χ4v) is 6.11. The highest BCUT2D eigenvalue weighted by molar-refractivity contribution is 5.89. The molecular weight excluding hydrogens is 304 g/mol. The Morgan fingerprint density at radius 2 is 1.96 bits per heavy atom. The number of fused-ring (bicyclic) bond motifs is 3. The Balaban J connectivity index is 1.95. The number of carbonyl (C=O) groups excluding carboxylic acids is 1. The van der Waals surface area contributed by atoms with Gasteiger partial charge in [0.25, 0.3) is 0 Å². The number of carbonyl (C=O) groups is 1. The van der Waals surface area contributed by atoms with Crippen molar-refractivity contribution in [1.29, 1.82) is 0 Å². The molecule has 0 spiro atoms. The average molecular weight is 336 g/mol. The third-order valence-corrected chi connectivity index (χ3v) is 7.69. The molecule has 3 aliphatic rings. The number of aliphatic hydroxyl groups excluding tert-OH is 3. The minimum atomic E-state index is -0.864. The van der Waals surface area contributed by atoms with Crippen LogP contribution in [0.4, 0.5) is 0 Å². The van der Waals surface area contributed by atoms with Gasteiger partial charge in [0.1, 0.15) is 6.10 Å². The molecule has 0 unspecified atom stereocenters. The molecule has 0 heterocycles. The van der Waals surface area contributed by atoms with Crippen molar-refractivity contribution in [2.75, 3.05) is 6.61 Å². The van der Waals surface area contributed by atoms with E-state index in [4.69, 9.17) is 0 Å². The van der Waals surface area contributed by atoms with Crippen LogP contribution in [0.5, 0.6) is 0 Å². The summed E-state index contributed by atoms with van der Waals surface area (Å²) in [5.74, 6) is 0.595. The predicted molar refractivity (Wildman–Crippen MR) is 92.2 cm³/mol. The van der Waals surface area contributed by atoms with Crippen LogP contribution < -0.4 is 0 Å². The SMILES string of the molecule is CC1(C)C(=O)[C@@H](O)C[C@]2(C)[C@@H]1CC=C1C[C@@](C)([C@H](O)CO)CC[C@@H]12. The normalized spacial score (nSPS) is 45.9. The molecule has 0 aromatic carbocycles. The van der Waals surface area contributed by atoms with Crippen molar-refractivity contribution in [3.05, 3.63) is 11.6 Å². The molecule has 4 heteroatoms. The first kappa shape index (κ1) is 18.1. The van der Waals surface area contributed by atoms with E-state index in [2.05, 4.69) is 19.9 Å². The van der Waals surface area contributed by atoms with Crippen LogP contribution in [-0.2, 0) is 4.79 Å². The van der Waals surface area contributed by atoms with Crippen molar-refractivity contribution < 1.29 is 20.1 Å². The summed E-state index contributed by atoms with van der Waals surface area (Å²) in [7, 11) is 0. The first-order valence-electron chi connectivity index (χ1n) is 9.26. The fourth-order valence-electron chi connectivity index (χ4n) is 6.11. The van der Waals surface area contributed by atoms with Gasteiger partial charge in [-0.15, -0.1) is 0 Å². The summed E-state index contributed by atoms with van der Waals surface area (Å²) < 4.78 is 0. The summed E-state index contributed by atoms with van der Waals surface area (Å²) in [6.45, 7) is 8.08. The van der Waals surface area contributed by atoms with E-state index in [1.165, 1.54) is 5.57 Å². The predicted octanol–water partition coefficient (Wildman–Crippen LogP) is 2.46. The second kappa shape index (κ2) is 5.65. The first-order valence-corrected chi connectivity index (χ1v) is 9.26. The lowest BCUT2D eigenvalue weighted by Crippen LogP contribution is -2.58. The summed E-state index contributed by atoms with van der Waals surface area (Å²) >= 11 is 0. The molecule has 0 amide bonds. The summed E-state index contributed by atoms with van der Waals surface area (Å²) in [5, 5.41) is 30.0. The minimum Gasteiger partial charge on any atom is -0.394 e. The van der Waals surface area contributed by atoms with E-state index in [0.717, 1.165) is 25.7 Å². The van der Waals surface area contributed by atoms with Gasteiger partial charge in [0.05, 0.1) is 12.7 Å². The van der Waals surface area contributed by atoms with Crippen LogP contribution >= 0.6 is 0 Å². The molecule has 0 aromatic heterocycles. The van der Waals surface area contributed by atoms with Crippen molar-refractivity contribution in [1.82, 2.24) is 0 Å². The molecule has 4 nitrogen and oxygen atoms in total. The number of hydrogen-bond donors (Lipinski definition) is 3. The van der Waals surface area contributed by atoms with E-state index in [1.54, 1.807) is 0 Å². The van der Waals surface area contributed by atoms with Gasteiger partial charge in [-0.2, -0.15) is 0 Å². The number of aliphatic hydroxyl groups is 3. The standard InChI is InChI=1S/C20H32O4/c1-18(2)15-6-5-12-9-19(3,16(23)11-21)8-7-13(12)20(15,4)10-14(22)17(18)24/h5,13-16,21-23H,6-11H2,1-4H3/t13-,14-,15+,16+,19-,20-/m0/s1. The zero-order valence-corrected chi connectivity index (χ0v) is 15.4. The third-order valence-electron chi connectivity index (χ3n) is 7.69. The van der Waals surface area contributed by atoms with Gasteiger partial charge >= 0.3 is 0 Å². The average Bonchev–Trinajstić information content (AvgIpc) is 2.51. The molecule has 0 radical (unpaired) electrons. The summed E-state index contributed by atoms with van der Waals surface area (Å²) in [5.41, 5.74) is 0.498. The van der Waals surface area contributed by atoms with E-state index in [-0.39, 0.29) is 29.1 Å². The Morgan fingerprint density at radius 1 is 1.29 bits per heavy atom. The Kier molecular flexibility index (Phi) is 4.26. The monoisotopic (exact) mass is 336 g/mol. The number of hydrogen-bond acceptors (Lipinski definition) is 4. The third kappa shape index (κ3) is 2.41. The van der Waals surface area contributed by atoms with Crippen LogP contribution in [0.15, 0.2) is 11.6 Å². The van der Waals surface area contributed by atoms with Crippen LogP contribution in [0.1, 0.15) is 59.8 Å². The van der Waals surface area contributed by atoms with Crippen LogP contribution in [0, 0.1) is 28.1 Å². The molecule has 3 aliphatic carbocycles. The molecule has 0 aromatic rings. The second-order valence-corrected chi connectivity index (χ2v) is 9.50. The highest BCUT2D eigenvalue weighted by Crippen LogP contribution is 2.62. The second-order valence-electron chi connectivity index (χ2n) is 9.50.